The fraction of sp³-hybridized carbons (Fsp3) is 0.273. The summed E-state index contributed by atoms with van der Waals surface area (Å²) >= 11 is 1.64. The SMILES string of the molecule is CNC(C)c1cc2cccc(O)c2s1. The molecule has 1 aromatic heterocycles. The Labute approximate surface area is 87.2 Å². The van der Waals surface area contributed by atoms with Gasteiger partial charge in [0.2, 0.25) is 0 Å². The minimum atomic E-state index is 0.340. The molecular formula is C11H13NOS. The third-order valence-electron chi connectivity index (χ3n) is 2.40. The van der Waals surface area contributed by atoms with E-state index in [4.69, 9.17) is 0 Å². The van der Waals surface area contributed by atoms with E-state index in [0.29, 0.717) is 11.8 Å². The molecule has 0 aliphatic heterocycles. The molecule has 2 aromatic rings. The van der Waals surface area contributed by atoms with E-state index < -0.39 is 0 Å². The maximum atomic E-state index is 9.63. The second-order valence-electron chi connectivity index (χ2n) is 3.35. The first kappa shape index (κ1) is 9.49. The van der Waals surface area contributed by atoms with Crippen molar-refractivity contribution in [2.45, 2.75) is 13.0 Å². The Kier molecular flexibility index (Phi) is 2.44. The third kappa shape index (κ3) is 1.49. The van der Waals surface area contributed by atoms with Crippen LogP contribution in [0.3, 0.4) is 0 Å². The van der Waals surface area contributed by atoms with Crippen LogP contribution in [0.25, 0.3) is 10.1 Å². The Morgan fingerprint density at radius 2 is 2.21 bits per heavy atom. The Morgan fingerprint density at radius 3 is 2.86 bits per heavy atom. The monoisotopic (exact) mass is 207 g/mol. The van der Waals surface area contributed by atoms with Gasteiger partial charge in [-0.1, -0.05) is 12.1 Å². The van der Waals surface area contributed by atoms with E-state index in [0.717, 1.165) is 10.1 Å². The van der Waals surface area contributed by atoms with Gasteiger partial charge in [-0.2, -0.15) is 0 Å². The average molecular weight is 207 g/mol. The Morgan fingerprint density at radius 1 is 1.43 bits per heavy atom. The quantitative estimate of drug-likeness (QED) is 0.793. The van der Waals surface area contributed by atoms with Crippen LogP contribution < -0.4 is 5.32 Å². The first-order valence-electron chi connectivity index (χ1n) is 4.61. The molecule has 1 heterocycles. The Hall–Kier alpha value is -1.06. The summed E-state index contributed by atoms with van der Waals surface area (Å²) in [6, 6.07) is 8.09. The van der Waals surface area contributed by atoms with Crippen molar-refractivity contribution in [1.29, 1.82) is 0 Å². The van der Waals surface area contributed by atoms with Crippen molar-refractivity contribution in [1.82, 2.24) is 5.32 Å². The van der Waals surface area contributed by atoms with Crippen molar-refractivity contribution in [3.8, 4) is 5.75 Å². The summed E-state index contributed by atoms with van der Waals surface area (Å²) in [6.45, 7) is 2.11. The molecule has 0 saturated heterocycles. The maximum Gasteiger partial charge on any atom is 0.133 e. The van der Waals surface area contributed by atoms with Crippen molar-refractivity contribution < 1.29 is 5.11 Å². The number of hydrogen-bond acceptors (Lipinski definition) is 3. The molecule has 0 amide bonds. The largest absolute Gasteiger partial charge is 0.506 e. The zero-order valence-corrected chi connectivity index (χ0v) is 9.06. The lowest BCUT2D eigenvalue weighted by atomic mass is 10.2. The lowest BCUT2D eigenvalue weighted by Gasteiger charge is -2.05. The fourth-order valence-corrected chi connectivity index (χ4v) is 2.56. The minimum absolute atomic E-state index is 0.340. The van der Waals surface area contributed by atoms with Gasteiger partial charge in [-0.3, -0.25) is 0 Å². The fourth-order valence-electron chi connectivity index (χ4n) is 1.42. The standard InChI is InChI=1S/C11H13NOS/c1-7(12-2)10-6-8-4-3-5-9(13)11(8)14-10/h3-7,12-13H,1-2H3. The second-order valence-corrected chi connectivity index (χ2v) is 4.44. The number of aromatic hydroxyl groups is 1. The van der Waals surface area contributed by atoms with E-state index >= 15 is 0 Å². The van der Waals surface area contributed by atoms with E-state index in [-0.39, 0.29) is 0 Å². The van der Waals surface area contributed by atoms with Gasteiger partial charge in [0.15, 0.2) is 0 Å². The predicted octanol–water partition coefficient (Wildman–Crippen LogP) is 2.89. The molecule has 0 spiro atoms. The van der Waals surface area contributed by atoms with Gasteiger partial charge in [0.1, 0.15) is 5.75 Å². The van der Waals surface area contributed by atoms with Crippen LogP contribution in [0.15, 0.2) is 24.3 Å². The van der Waals surface area contributed by atoms with Crippen molar-refractivity contribution in [2.24, 2.45) is 0 Å². The molecule has 0 aliphatic rings. The molecule has 74 valence electrons. The molecule has 2 rings (SSSR count). The highest BCUT2D eigenvalue weighted by Crippen LogP contribution is 2.35. The number of hydrogen-bond donors (Lipinski definition) is 2. The normalized spacial score (nSPS) is 13.3. The molecule has 14 heavy (non-hydrogen) atoms. The number of fused-ring (bicyclic) bond motifs is 1. The van der Waals surface area contributed by atoms with Crippen LogP contribution >= 0.6 is 11.3 Å². The number of phenols is 1. The van der Waals surface area contributed by atoms with E-state index in [9.17, 15) is 5.11 Å². The first-order chi connectivity index (χ1) is 6.72. The highest BCUT2D eigenvalue weighted by atomic mass is 32.1. The summed E-state index contributed by atoms with van der Waals surface area (Å²) in [6.07, 6.45) is 0. The Bertz CT molecular complexity index is 449. The lowest BCUT2D eigenvalue weighted by molar-refractivity contribution is 0.482. The van der Waals surface area contributed by atoms with Crippen LogP contribution in [0.5, 0.6) is 5.75 Å². The molecule has 1 atom stereocenters. The summed E-state index contributed by atoms with van der Waals surface area (Å²) < 4.78 is 0.976. The molecule has 0 radical (unpaired) electrons. The van der Waals surface area contributed by atoms with Crippen LogP contribution in [0, 0.1) is 0 Å². The summed E-state index contributed by atoms with van der Waals surface area (Å²) in [5.41, 5.74) is 0. The number of rotatable bonds is 2. The molecule has 0 saturated carbocycles. The van der Waals surface area contributed by atoms with Gasteiger partial charge in [0.05, 0.1) is 4.70 Å². The van der Waals surface area contributed by atoms with Gasteiger partial charge in [0.25, 0.3) is 0 Å². The zero-order chi connectivity index (χ0) is 10.1. The van der Waals surface area contributed by atoms with Gasteiger partial charge >= 0.3 is 0 Å². The lowest BCUT2D eigenvalue weighted by Crippen LogP contribution is -2.10. The van der Waals surface area contributed by atoms with Crippen LogP contribution in [0.4, 0.5) is 0 Å². The van der Waals surface area contributed by atoms with E-state index in [1.165, 1.54) is 4.88 Å². The number of benzene rings is 1. The van der Waals surface area contributed by atoms with Gasteiger partial charge in [-0.15, -0.1) is 11.3 Å². The summed E-state index contributed by atoms with van der Waals surface area (Å²) in [5, 5.41) is 13.9. The van der Waals surface area contributed by atoms with Gasteiger partial charge in [-0.25, -0.2) is 0 Å². The molecule has 0 aliphatic carbocycles. The minimum Gasteiger partial charge on any atom is -0.506 e. The average Bonchev–Trinajstić information content (AvgIpc) is 2.62. The molecule has 0 bridgehead atoms. The molecular weight excluding hydrogens is 194 g/mol. The summed E-state index contributed by atoms with van der Waals surface area (Å²) in [7, 11) is 1.94. The molecule has 1 aromatic carbocycles. The van der Waals surface area contributed by atoms with Crippen molar-refractivity contribution >= 4 is 21.4 Å². The van der Waals surface area contributed by atoms with Crippen LogP contribution in [-0.2, 0) is 0 Å². The van der Waals surface area contributed by atoms with E-state index in [1.54, 1.807) is 17.4 Å². The zero-order valence-electron chi connectivity index (χ0n) is 8.24. The van der Waals surface area contributed by atoms with Gasteiger partial charge < -0.3 is 10.4 Å². The van der Waals surface area contributed by atoms with Crippen LogP contribution in [0.2, 0.25) is 0 Å². The summed E-state index contributed by atoms with van der Waals surface area (Å²) in [4.78, 5) is 1.25. The number of phenolic OH excluding ortho intramolecular Hbond substituents is 1. The highest BCUT2D eigenvalue weighted by Gasteiger charge is 2.09. The topological polar surface area (TPSA) is 32.3 Å². The maximum absolute atomic E-state index is 9.63. The molecule has 2 N–H and O–H groups in total. The smallest absolute Gasteiger partial charge is 0.133 e. The third-order valence-corrected chi connectivity index (χ3v) is 3.76. The molecule has 2 nitrogen and oxygen atoms in total. The van der Waals surface area contributed by atoms with Crippen molar-refractivity contribution in [3.05, 3.63) is 29.1 Å². The number of thiophene rings is 1. The first-order valence-corrected chi connectivity index (χ1v) is 5.42. The summed E-state index contributed by atoms with van der Waals surface area (Å²) in [5.74, 6) is 0.377. The highest BCUT2D eigenvalue weighted by molar-refractivity contribution is 7.19. The molecule has 0 fully saturated rings. The van der Waals surface area contributed by atoms with Crippen LogP contribution in [-0.4, -0.2) is 12.2 Å². The Balaban J connectivity index is 2.56. The van der Waals surface area contributed by atoms with E-state index in [1.807, 2.05) is 19.2 Å². The second kappa shape index (κ2) is 3.59. The molecule has 3 heteroatoms. The van der Waals surface area contributed by atoms with Gasteiger partial charge in [0, 0.05) is 10.9 Å². The van der Waals surface area contributed by atoms with Crippen molar-refractivity contribution in [3.63, 3.8) is 0 Å². The van der Waals surface area contributed by atoms with Gasteiger partial charge in [-0.05, 0) is 31.5 Å². The predicted molar refractivity (Wildman–Crippen MR) is 61.0 cm³/mol. The van der Waals surface area contributed by atoms with Crippen molar-refractivity contribution in [2.75, 3.05) is 7.05 Å². The number of nitrogens with one attached hydrogen (secondary N) is 1. The van der Waals surface area contributed by atoms with Crippen LogP contribution in [0.1, 0.15) is 17.8 Å². The van der Waals surface area contributed by atoms with E-state index in [2.05, 4.69) is 18.3 Å². The molecule has 1 unspecified atom stereocenters.